The summed E-state index contributed by atoms with van der Waals surface area (Å²) in [7, 11) is 0. The highest BCUT2D eigenvalue weighted by Crippen LogP contribution is 2.19. The minimum absolute atomic E-state index is 0.939. The van der Waals surface area contributed by atoms with Crippen molar-refractivity contribution in [3.05, 3.63) is 36.7 Å². The molecule has 2 heterocycles. The molecule has 86 valence electrons. The fourth-order valence-electron chi connectivity index (χ4n) is 1.90. The number of imidazole rings is 2. The van der Waals surface area contributed by atoms with Gasteiger partial charge in [0, 0.05) is 23.5 Å². The highest BCUT2D eigenvalue weighted by Gasteiger charge is 2.04. The molecule has 2 N–H and O–H groups in total. The van der Waals surface area contributed by atoms with Crippen LogP contribution in [0.3, 0.4) is 0 Å². The summed E-state index contributed by atoms with van der Waals surface area (Å²) in [4.78, 5) is 15.3. The van der Waals surface area contributed by atoms with Crippen LogP contribution in [-0.4, -0.2) is 52.5 Å². The first-order valence-corrected chi connectivity index (χ1v) is 7.86. The van der Waals surface area contributed by atoms with Gasteiger partial charge in [-0.25, -0.2) is 9.97 Å². The highest BCUT2D eigenvalue weighted by molar-refractivity contribution is 6.31. The maximum Gasteiger partial charge on any atom is 0.288 e. The van der Waals surface area contributed by atoms with Crippen LogP contribution >= 0.6 is 0 Å². The number of aromatic amines is 2. The Labute approximate surface area is 121 Å². The van der Waals surface area contributed by atoms with Crippen LogP contribution in [0.4, 0.5) is 0 Å². The maximum absolute atomic E-state index is 4.35. The molecule has 0 fully saturated rings. The van der Waals surface area contributed by atoms with Gasteiger partial charge in [0.15, 0.2) is 0 Å². The van der Waals surface area contributed by atoms with Crippen LogP contribution < -0.4 is 9.11 Å². The van der Waals surface area contributed by atoms with Crippen LogP contribution in [0.15, 0.2) is 36.7 Å². The molecule has 0 bridgehead atoms. The first kappa shape index (κ1) is 11.8. The number of rotatable bonds is 2. The van der Waals surface area contributed by atoms with Gasteiger partial charge in [0.25, 0.3) is 32.6 Å². The van der Waals surface area contributed by atoms with E-state index in [-0.39, 0.29) is 0 Å². The molecule has 18 heavy (non-hydrogen) atoms. The van der Waals surface area contributed by atoms with Gasteiger partial charge in [0.1, 0.15) is 11.6 Å². The van der Waals surface area contributed by atoms with E-state index in [2.05, 4.69) is 44.2 Å². The van der Waals surface area contributed by atoms with E-state index in [1.165, 1.54) is 9.11 Å². The third-order valence-electron chi connectivity index (χ3n) is 2.84. The summed E-state index contributed by atoms with van der Waals surface area (Å²) in [5, 5.41) is 0. The topological polar surface area (TPSA) is 57.4 Å². The molecule has 0 spiro atoms. The van der Waals surface area contributed by atoms with Gasteiger partial charge < -0.3 is 9.97 Å². The lowest BCUT2D eigenvalue weighted by Crippen LogP contribution is -2.01. The van der Waals surface area contributed by atoms with Crippen LogP contribution in [0.25, 0.3) is 22.8 Å². The van der Waals surface area contributed by atoms with E-state index < -0.39 is 0 Å². The normalized spacial score (nSPS) is 10.7. The number of H-pyrrole nitrogens is 2. The van der Waals surface area contributed by atoms with Gasteiger partial charge in [-0.15, -0.1) is 0 Å². The molecule has 6 heteroatoms. The highest BCUT2D eigenvalue weighted by atomic mass is 27.1. The lowest BCUT2D eigenvalue weighted by atomic mass is 10.1. The number of benzene rings is 1. The maximum atomic E-state index is 4.35. The fourth-order valence-corrected chi connectivity index (χ4v) is 2.64. The number of hydrogen-bond donors (Lipinski definition) is 2. The summed E-state index contributed by atoms with van der Waals surface area (Å²) >= 11 is 2.00. The average molecular weight is 266 g/mol. The molecule has 3 rings (SSSR count). The van der Waals surface area contributed by atoms with Crippen LogP contribution in [0.2, 0.25) is 0 Å². The molecule has 4 nitrogen and oxygen atoms in total. The Balaban J connectivity index is 1.94. The van der Waals surface area contributed by atoms with Crippen LogP contribution in [0.1, 0.15) is 0 Å². The summed E-state index contributed by atoms with van der Waals surface area (Å²) < 4.78 is 2.42. The van der Waals surface area contributed by atoms with Gasteiger partial charge in [-0.05, 0) is 9.11 Å². The van der Waals surface area contributed by atoms with Crippen LogP contribution in [0.5, 0.6) is 0 Å². The van der Waals surface area contributed by atoms with E-state index in [4.69, 9.17) is 0 Å². The molecular formula is C12H12Al2N4. The molecule has 0 aliphatic rings. The van der Waals surface area contributed by atoms with Gasteiger partial charge in [-0.2, -0.15) is 0 Å². The first-order valence-electron chi connectivity index (χ1n) is 5.86. The second kappa shape index (κ2) is 4.76. The Morgan fingerprint density at radius 3 is 1.39 bits per heavy atom. The largest absolute Gasteiger partial charge is 0.359 e. The molecule has 0 unspecified atom stereocenters. The predicted molar refractivity (Wildman–Crippen MR) is 78.0 cm³/mol. The summed E-state index contributed by atoms with van der Waals surface area (Å²) in [6.45, 7) is 0. The van der Waals surface area contributed by atoms with E-state index in [1.54, 1.807) is 0 Å². The zero-order chi connectivity index (χ0) is 12.5. The van der Waals surface area contributed by atoms with Gasteiger partial charge in [0.05, 0.1) is 0 Å². The fraction of sp³-hybridized carbons (Fsp3) is 0. The van der Waals surface area contributed by atoms with Crippen LogP contribution in [-0.2, 0) is 0 Å². The minimum Gasteiger partial charge on any atom is -0.359 e. The van der Waals surface area contributed by atoms with Crippen molar-refractivity contribution in [2.45, 2.75) is 0 Å². The molecule has 1 aromatic carbocycles. The molecule has 2 aromatic heterocycles. The molecule has 0 atom stereocenters. The predicted octanol–water partition coefficient (Wildman–Crippen LogP) is -1.02. The second-order valence-corrected chi connectivity index (χ2v) is 6.56. The van der Waals surface area contributed by atoms with E-state index >= 15 is 0 Å². The minimum atomic E-state index is 0.939. The number of hydrogen-bond acceptors (Lipinski definition) is 2. The Kier molecular flexibility index (Phi) is 3.12. The third-order valence-corrected chi connectivity index (χ3v) is 3.85. The van der Waals surface area contributed by atoms with Crippen molar-refractivity contribution in [3.63, 3.8) is 0 Å². The number of nitrogens with one attached hydrogen (secondary N) is 2. The summed E-state index contributed by atoms with van der Waals surface area (Å²) in [6, 6.07) is 8.30. The Morgan fingerprint density at radius 1 is 0.722 bits per heavy atom. The van der Waals surface area contributed by atoms with E-state index in [0.717, 1.165) is 55.4 Å². The van der Waals surface area contributed by atoms with E-state index in [1.807, 2.05) is 12.4 Å². The average Bonchev–Trinajstić information content (AvgIpc) is 2.98. The van der Waals surface area contributed by atoms with Crippen LogP contribution in [0, 0.1) is 0 Å². The van der Waals surface area contributed by atoms with Crippen molar-refractivity contribution < 1.29 is 0 Å². The van der Waals surface area contributed by atoms with Crippen molar-refractivity contribution in [2.75, 3.05) is 0 Å². The SMILES string of the molecule is [AlH2][c]1cnc(-c2ccc(-c3nc[c]([AlH2])[nH]3)cc2)[nH]1. The Bertz CT molecular complexity index is 610. The lowest BCUT2D eigenvalue weighted by Gasteiger charge is -2.00. The zero-order valence-electron chi connectivity index (χ0n) is 10.4. The molecule has 0 radical (unpaired) electrons. The van der Waals surface area contributed by atoms with Gasteiger partial charge in [0.2, 0.25) is 0 Å². The van der Waals surface area contributed by atoms with Gasteiger partial charge in [-0.1, -0.05) is 24.3 Å². The van der Waals surface area contributed by atoms with Gasteiger partial charge in [-0.3, -0.25) is 0 Å². The van der Waals surface area contributed by atoms with Crippen molar-refractivity contribution in [2.24, 2.45) is 0 Å². The van der Waals surface area contributed by atoms with E-state index in [0.29, 0.717) is 0 Å². The number of aromatic nitrogens is 4. The van der Waals surface area contributed by atoms with Crippen molar-refractivity contribution in [1.29, 1.82) is 0 Å². The first-order chi connectivity index (χ1) is 8.72. The summed E-state index contributed by atoms with van der Waals surface area (Å²) in [5.74, 6) is 1.88. The Hall–Kier alpha value is -1.30. The Morgan fingerprint density at radius 2 is 1.11 bits per heavy atom. The summed E-state index contributed by atoms with van der Waals surface area (Å²) in [6.07, 6.45) is 3.80. The summed E-state index contributed by atoms with van der Waals surface area (Å²) in [5.41, 5.74) is 2.22. The second-order valence-electron chi connectivity index (χ2n) is 4.41. The lowest BCUT2D eigenvalue weighted by molar-refractivity contribution is 1.30. The van der Waals surface area contributed by atoms with E-state index in [9.17, 15) is 0 Å². The van der Waals surface area contributed by atoms with Crippen molar-refractivity contribution >= 4 is 41.7 Å². The molecule has 0 saturated heterocycles. The standard InChI is InChI=1S/C12H8N4.2Al.4H/c1-2-10(12-15-7-8-16-12)4-3-9(1)11-13-5-6-14-11;;;;;;/h1-5,7H,(H,13,14)(H,15,16);;;;;;. The quantitative estimate of drug-likeness (QED) is 0.584. The third kappa shape index (κ3) is 2.29. The molecule has 0 aliphatic carbocycles. The van der Waals surface area contributed by atoms with Gasteiger partial charge >= 0.3 is 0 Å². The smallest absolute Gasteiger partial charge is 0.288 e. The molecule has 0 aliphatic heterocycles. The molecule has 0 amide bonds. The molecule has 0 saturated carbocycles. The monoisotopic (exact) mass is 266 g/mol. The molecular weight excluding hydrogens is 254 g/mol. The zero-order valence-corrected chi connectivity index (χ0v) is 14.4. The molecule has 3 aromatic rings. The number of nitrogens with zero attached hydrogens (tertiary/aromatic N) is 2. The van der Waals surface area contributed by atoms with Crippen molar-refractivity contribution in [3.8, 4) is 22.8 Å². The van der Waals surface area contributed by atoms with Crippen molar-refractivity contribution in [1.82, 2.24) is 19.9 Å².